The summed E-state index contributed by atoms with van der Waals surface area (Å²) >= 11 is 0. The lowest BCUT2D eigenvalue weighted by atomic mass is 9.66. The van der Waals surface area contributed by atoms with Crippen molar-refractivity contribution in [3.05, 3.63) is 89.2 Å². The predicted molar refractivity (Wildman–Crippen MR) is 124 cm³/mol. The molecule has 1 unspecified atom stereocenters. The van der Waals surface area contributed by atoms with Crippen molar-refractivity contribution >= 4 is 5.91 Å². The number of hydrogen-bond acceptors (Lipinski definition) is 3. The lowest BCUT2D eigenvalue weighted by molar-refractivity contribution is -0.110. The number of hydrogen-bond donors (Lipinski definition) is 1. The maximum absolute atomic E-state index is 13.6. The molecule has 1 saturated carbocycles. The van der Waals surface area contributed by atoms with E-state index >= 15 is 0 Å². The highest BCUT2D eigenvalue weighted by Crippen LogP contribution is 2.47. The zero-order valence-electron chi connectivity index (χ0n) is 18.7. The molecule has 1 amide bonds. The van der Waals surface area contributed by atoms with Crippen molar-refractivity contribution in [2.24, 2.45) is 5.92 Å². The Labute approximate surface area is 189 Å². The molecule has 3 aromatic rings. The van der Waals surface area contributed by atoms with E-state index in [1.165, 1.54) is 0 Å². The molecule has 5 nitrogen and oxygen atoms in total. The van der Waals surface area contributed by atoms with Crippen LogP contribution in [0.2, 0.25) is 0 Å². The number of carbonyl (C=O) groups is 1. The average molecular weight is 430 g/mol. The van der Waals surface area contributed by atoms with Gasteiger partial charge >= 0.3 is 0 Å². The van der Waals surface area contributed by atoms with Crippen LogP contribution in [0.25, 0.3) is 0 Å². The molecule has 1 aromatic heterocycles. The largest absolute Gasteiger partial charge is 0.385 e. The topological polar surface area (TPSA) is 58.4 Å². The lowest BCUT2D eigenvalue weighted by Crippen LogP contribution is -2.59. The third-order valence-electron chi connectivity index (χ3n) is 7.39. The summed E-state index contributed by atoms with van der Waals surface area (Å²) in [7, 11) is 0. The highest BCUT2D eigenvalue weighted by molar-refractivity contribution is 5.92. The third kappa shape index (κ3) is 3.75. The fourth-order valence-electron chi connectivity index (χ4n) is 5.70. The minimum atomic E-state index is -0.869. The van der Waals surface area contributed by atoms with Gasteiger partial charge in [0.25, 0.3) is 5.91 Å². The monoisotopic (exact) mass is 429 g/mol. The van der Waals surface area contributed by atoms with Crippen molar-refractivity contribution in [2.45, 2.75) is 57.2 Å². The molecule has 0 bridgehead atoms. The molecule has 166 valence electrons. The van der Waals surface area contributed by atoms with E-state index in [9.17, 15) is 9.90 Å². The molecule has 1 N–H and O–H groups in total. The molecule has 3 atom stereocenters. The van der Waals surface area contributed by atoms with Gasteiger partial charge in [-0.1, -0.05) is 73.5 Å². The van der Waals surface area contributed by atoms with E-state index in [1.54, 1.807) is 0 Å². The fourth-order valence-corrected chi connectivity index (χ4v) is 5.70. The number of rotatable bonds is 4. The van der Waals surface area contributed by atoms with Crippen LogP contribution >= 0.6 is 0 Å². The summed E-state index contributed by atoms with van der Waals surface area (Å²) in [5.74, 6) is 0.0516. The quantitative estimate of drug-likeness (QED) is 0.663. The highest BCUT2D eigenvalue weighted by Gasteiger charge is 2.50. The van der Waals surface area contributed by atoms with E-state index in [4.69, 9.17) is 0 Å². The van der Waals surface area contributed by atoms with Crippen molar-refractivity contribution in [3.63, 3.8) is 0 Å². The Balaban J connectivity index is 1.40. The Kier molecular flexibility index (Phi) is 5.60. The second-order valence-corrected chi connectivity index (χ2v) is 9.31. The number of aryl methyl sites for hydroxylation is 1. The fraction of sp³-hybridized carbons (Fsp3) is 0.407. The van der Waals surface area contributed by atoms with E-state index < -0.39 is 5.60 Å². The summed E-state index contributed by atoms with van der Waals surface area (Å²) in [5, 5.41) is 16.4. The first-order valence-electron chi connectivity index (χ1n) is 11.7. The molecule has 1 aliphatic carbocycles. The van der Waals surface area contributed by atoms with Crippen LogP contribution in [0.3, 0.4) is 0 Å². The number of carbonyl (C=O) groups excluding carboxylic acids is 1. The van der Waals surface area contributed by atoms with Crippen LogP contribution in [0.1, 0.15) is 59.4 Å². The van der Waals surface area contributed by atoms with E-state index in [2.05, 4.69) is 17.2 Å². The van der Waals surface area contributed by atoms with Gasteiger partial charge in [0.2, 0.25) is 0 Å². The molecular weight excluding hydrogens is 398 g/mol. The molecule has 0 radical (unpaired) electrons. The van der Waals surface area contributed by atoms with Crippen molar-refractivity contribution in [1.29, 1.82) is 0 Å². The zero-order valence-corrected chi connectivity index (χ0v) is 18.7. The van der Waals surface area contributed by atoms with Crippen LogP contribution in [0.5, 0.6) is 0 Å². The van der Waals surface area contributed by atoms with Crippen LogP contribution in [0.15, 0.2) is 66.7 Å². The van der Waals surface area contributed by atoms with Crippen LogP contribution in [0, 0.1) is 12.8 Å². The number of fused-ring (bicyclic) bond motifs is 1. The minimum Gasteiger partial charge on any atom is -0.385 e. The summed E-state index contributed by atoms with van der Waals surface area (Å²) < 4.78 is 1.91. The lowest BCUT2D eigenvalue weighted by Gasteiger charge is -2.52. The highest BCUT2D eigenvalue weighted by atomic mass is 16.3. The van der Waals surface area contributed by atoms with Crippen LogP contribution in [-0.4, -0.2) is 38.3 Å². The summed E-state index contributed by atoms with van der Waals surface area (Å²) in [4.78, 5) is 15.6. The van der Waals surface area contributed by atoms with Gasteiger partial charge in [-0.05, 0) is 43.4 Å². The Morgan fingerprint density at radius 1 is 1.06 bits per heavy atom. The molecule has 0 spiro atoms. The molecule has 1 saturated heterocycles. The number of likely N-dealkylation sites (tertiary alicyclic amines) is 1. The first-order valence-corrected chi connectivity index (χ1v) is 11.7. The van der Waals surface area contributed by atoms with Crippen molar-refractivity contribution < 1.29 is 9.90 Å². The maximum Gasteiger partial charge on any atom is 0.274 e. The van der Waals surface area contributed by atoms with E-state index in [0.717, 1.165) is 42.5 Å². The second kappa shape index (κ2) is 8.55. The van der Waals surface area contributed by atoms with Gasteiger partial charge in [-0.3, -0.25) is 9.48 Å². The van der Waals surface area contributed by atoms with Gasteiger partial charge in [0.05, 0.1) is 12.1 Å². The number of nitrogens with zero attached hydrogens (tertiary/aromatic N) is 3. The molecular formula is C27H31N3O2. The smallest absolute Gasteiger partial charge is 0.274 e. The number of benzene rings is 2. The Morgan fingerprint density at radius 3 is 2.50 bits per heavy atom. The van der Waals surface area contributed by atoms with Crippen LogP contribution < -0.4 is 0 Å². The predicted octanol–water partition coefficient (Wildman–Crippen LogP) is 4.53. The number of aromatic nitrogens is 2. The Bertz CT molecular complexity index is 1080. The van der Waals surface area contributed by atoms with Gasteiger partial charge in [-0.15, -0.1) is 0 Å². The molecule has 1 aliphatic heterocycles. The molecule has 2 fully saturated rings. The summed E-state index contributed by atoms with van der Waals surface area (Å²) in [6.07, 6.45) is 4.64. The summed E-state index contributed by atoms with van der Waals surface area (Å²) in [6, 6.07) is 22.2. The van der Waals surface area contributed by atoms with Gasteiger partial charge in [0, 0.05) is 24.2 Å². The van der Waals surface area contributed by atoms with Crippen LogP contribution in [-0.2, 0) is 12.1 Å². The van der Waals surface area contributed by atoms with E-state index in [-0.39, 0.29) is 17.9 Å². The summed E-state index contributed by atoms with van der Waals surface area (Å²) in [5.41, 5.74) is 2.76. The van der Waals surface area contributed by atoms with E-state index in [1.807, 2.05) is 71.1 Å². The van der Waals surface area contributed by atoms with Gasteiger partial charge in [-0.25, -0.2) is 0 Å². The van der Waals surface area contributed by atoms with Gasteiger partial charge in [0.1, 0.15) is 0 Å². The average Bonchev–Trinajstić information content (AvgIpc) is 3.20. The van der Waals surface area contributed by atoms with E-state index in [0.29, 0.717) is 25.2 Å². The molecule has 2 heterocycles. The number of piperidine rings is 1. The SMILES string of the molecule is Cc1cc(C(=O)N2CC[C@@](O)(c3ccccc3)[C@H]3CCCCC32)nn1Cc1ccccc1. The molecule has 32 heavy (non-hydrogen) atoms. The van der Waals surface area contributed by atoms with Gasteiger partial charge in [0.15, 0.2) is 5.69 Å². The first-order chi connectivity index (χ1) is 15.6. The molecule has 5 heteroatoms. The van der Waals surface area contributed by atoms with Crippen LogP contribution in [0.4, 0.5) is 0 Å². The summed E-state index contributed by atoms with van der Waals surface area (Å²) in [6.45, 7) is 3.20. The zero-order chi connectivity index (χ0) is 22.1. The Morgan fingerprint density at radius 2 is 1.75 bits per heavy atom. The molecule has 5 rings (SSSR count). The van der Waals surface area contributed by atoms with Crippen molar-refractivity contribution in [3.8, 4) is 0 Å². The Hall–Kier alpha value is -2.92. The van der Waals surface area contributed by atoms with Crippen molar-refractivity contribution in [1.82, 2.24) is 14.7 Å². The third-order valence-corrected chi connectivity index (χ3v) is 7.39. The van der Waals surface area contributed by atoms with Gasteiger partial charge in [-0.2, -0.15) is 5.10 Å². The standard InChI is InChI=1S/C27H31N3O2/c1-20-18-24(28-30(20)19-21-10-4-2-5-11-21)26(31)29-17-16-27(32,22-12-6-3-7-13-22)23-14-8-9-15-25(23)29/h2-7,10-13,18,23,25,32H,8-9,14-17,19H2,1H3/t23-,25?,27+/m0/s1. The van der Waals surface area contributed by atoms with Gasteiger partial charge < -0.3 is 10.0 Å². The number of amides is 1. The first kappa shape index (κ1) is 21.0. The minimum absolute atomic E-state index is 0.00748. The number of aliphatic hydroxyl groups is 1. The molecule has 2 aliphatic rings. The molecule has 2 aromatic carbocycles. The second-order valence-electron chi connectivity index (χ2n) is 9.31. The maximum atomic E-state index is 13.6. The van der Waals surface area contributed by atoms with Crippen molar-refractivity contribution in [2.75, 3.05) is 6.54 Å². The normalized spacial score (nSPS) is 25.4.